The molecule has 1 unspecified atom stereocenters. The second-order valence-corrected chi connectivity index (χ2v) is 5.56. The quantitative estimate of drug-likeness (QED) is 0.625. The highest BCUT2D eigenvalue weighted by Crippen LogP contribution is 2.34. The van der Waals surface area contributed by atoms with Crippen molar-refractivity contribution in [3.05, 3.63) is 68.3 Å². The maximum atomic E-state index is 12.9. The number of benzene rings is 2. The van der Waals surface area contributed by atoms with E-state index in [4.69, 9.17) is 4.74 Å². The number of nitrogens with zero attached hydrogens (tertiary/aromatic N) is 3. The molecule has 3 rings (SSSR count). The van der Waals surface area contributed by atoms with Crippen molar-refractivity contribution >= 4 is 23.0 Å². The first-order chi connectivity index (χ1) is 11.9. The van der Waals surface area contributed by atoms with Crippen molar-refractivity contribution in [2.75, 3.05) is 11.4 Å². The molecule has 0 spiro atoms. The van der Waals surface area contributed by atoms with Gasteiger partial charge in [-0.2, -0.15) is 0 Å². The van der Waals surface area contributed by atoms with Crippen LogP contribution in [0, 0.1) is 20.2 Å². The molecule has 0 fully saturated rings. The molecule has 0 aromatic heterocycles. The van der Waals surface area contributed by atoms with Crippen LogP contribution in [-0.4, -0.2) is 28.4 Å². The SMILES string of the molecule is CC1CN(C(=O)c2cc([N+](=O)[O-])cc([N+](=O)[O-])c2)c2ccccc2O1. The number of nitro groups is 2. The Morgan fingerprint density at radius 3 is 2.32 bits per heavy atom. The molecule has 1 heterocycles. The molecule has 128 valence electrons. The molecule has 9 nitrogen and oxygen atoms in total. The monoisotopic (exact) mass is 343 g/mol. The summed E-state index contributed by atoms with van der Waals surface area (Å²) < 4.78 is 5.66. The summed E-state index contributed by atoms with van der Waals surface area (Å²) in [4.78, 5) is 34.8. The third-order valence-electron chi connectivity index (χ3n) is 3.74. The predicted molar refractivity (Wildman–Crippen MR) is 88.0 cm³/mol. The maximum absolute atomic E-state index is 12.9. The lowest BCUT2D eigenvalue weighted by Gasteiger charge is -2.33. The Bertz CT molecular complexity index is 850. The normalized spacial score (nSPS) is 15.9. The van der Waals surface area contributed by atoms with E-state index in [0.717, 1.165) is 18.2 Å². The van der Waals surface area contributed by atoms with Crippen LogP contribution in [0.1, 0.15) is 17.3 Å². The van der Waals surface area contributed by atoms with Crippen molar-refractivity contribution in [2.24, 2.45) is 0 Å². The van der Waals surface area contributed by atoms with E-state index in [1.54, 1.807) is 31.2 Å². The van der Waals surface area contributed by atoms with Gasteiger partial charge in [0.15, 0.2) is 0 Å². The highest BCUT2D eigenvalue weighted by molar-refractivity contribution is 6.07. The van der Waals surface area contributed by atoms with Crippen molar-refractivity contribution in [3.63, 3.8) is 0 Å². The highest BCUT2D eigenvalue weighted by atomic mass is 16.6. The number of nitro benzene ring substituents is 2. The fourth-order valence-electron chi connectivity index (χ4n) is 2.67. The number of ether oxygens (including phenoxy) is 1. The van der Waals surface area contributed by atoms with Gasteiger partial charge in [0, 0.05) is 12.1 Å². The minimum absolute atomic E-state index is 0.121. The van der Waals surface area contributed by atoms with Gasteiger partial charge in [0.05, 0.1) is 33.7 Å². The Morgan fingerprint density at radius 2 is 1.72 bits per heavy atom. The number of rotatable bonds is 3. The molecule has 0 saturated carbocycles. The van der Waals surface area contributed by atoms with Crippen molar-refractivity contribution in [2.45, 2.75) is 13.0 Å². The summed E-state index contributed by atoms with van der Waals surface area (Å²) in [6.07, 6.45) is -0.285. The summed E-state index contributed by atoms with van der Waals surface area (Å²) in [7, 11) is 0. The highest BCUT2D eigenvalue weighted by Gasteiger charge is 2.30. The molecule has 0 N–H and O–H groups in total. The fraction of sp³-hybridized carbons (Fsp3) is 0.188. The number of anilines is 1. The van der Waals surface area contributed by atoms with Crippen molar-refractivity contribution in [3.8, 4) is 5.75 Å². The summed E-state index contributed by atoms with van der Waals surface area (Å²) in [5, 5.41) is 22.0. The number of amides is 1. The minimum Gasteiger partial charge on any atom is -0.487 e. The lowest BCUT2D eigenvalue weighted by atomic mass is 10.1. The summed E-state index contributed by atoms with van der Waals surface area (Å²) in [6, 6.07) is 9.79. The number of carbonyl (C=O) groups is 1. The van der Waals surface area contributed by atoms with Crippen LogP contribution < -0.4 is 9.64 Å². The Morgan fingerprint density at radius 1 is 1.12 bits per heavy atom. The summed E-state index contributed by atoms with van der Waals surface area (Å²) in [5.74, 6) is -0.0519. The van der Waals surface area contributed by atoms with E-state index in [2.05, 4.69) is 0 Å². The second-order valence-electron chi connectivity index (χ2n) is 5.56. The van der Waals surface area contributed by atoms with Gasteiger partial charge in [-0.3, -0.25) is 25.0 Å². The van der Waals surface area contributed by atoms with Crippen molar-refractivity contribution in [1.82, 2.24) is 0 Å². The number of fused-ring (bicyclic) bond motifs is 1. The molecular weight excluding hydrogens is 330 g/mol. The van der Waals surface area contributed by atoms with E-state index >= 15 is 0 Å². The van der Waals surface area contributed by atoms with E-state index in [1.807, 2.05) is 0 Å². The Labute approximate surface area is 141 Å². The molecule has 0 aliphatic carbocycles. The van der Waals surface area contributed by atoms with Crippen molar-refractivity contribution in [1.29, 1.82) is 0 Å². The number of non-ortho nitro benzene ring substituents is 2. The van der Waals surface area contributed by atoms with Crippen LogP contribution in [0.3, 0.4) is 0 Å². The molecule has 2 aromatic carbocycles. The van der Waals surface area contributed by atoms with E-state index in [0.29, 0.717) is 11.4 Å². The molecule has 2 aromatic rings. The maximum Gasteiger partial charge on any atom is 0.277 e. The van der Waals surface area contributed by atoms with Crippen LogP contribution in [0.5, 0.6) is 5.75 Å². The molecule has 1 atom stereocenters. The van der Waals surface area contributed by atoms with E-state index < -0.39 is 27.1 Å². The topological polar surface area (TPSA) is 116 Å². The number of carbonyl (C=O) groups excluding carboxylic acids is 1. The molecule has 0 saturated heterocycles. The molecule has 0 radical (unpaired) electrons. The van der Waals surface area contributed by atoms with E-state index in [9.17, 15) is 25.0 Å². The van der Waals surface area contributed by atoms with Gasteiger partial charge >= 0.3 is 0 Å². The second kappa shape index (κ2) is 6.19. The molecule has 1 aliphatic heterocycles. The van der Waals surface area contributed by atoms with Gasteiger partial charge in [-0.15, -0.1) is 0 Å². The first-order valence-electron chi connectivity index (χ1n) is 7.38. The standard InChI is InChI=1S/C16H13N3O6/c1-10-9-17(14-4-2-3-5-15(14)25-10)16(20)11-6-12(18(21)22)8-13(7-11)19(23)24/h2-8,10H,9H2,1H3. The first kappa shape index (κ1) is 16.4. The van der Waals surface area contributed by atoms with E-state index in [-0.39, 0.29) is 18.2 Å². The Kier molecular flexibility index (Phi) is 4.05. The summed E-state index contributed by atoms with van der Waals surface area (Å²) >= 11 is 0. The van der Waals surface area contributed by atoms with E-state index in [1.165, 1.54) is 4.90 Å². The fourth-order valence-corrected chi connectivity index (χ4v) is 2.67. The van der Waals surface area contributed by atoms with Crippen LogP contribution in [0.25, 0.3) is 0 Å². The molecule has 1 amide bonds. The molecule has 1 aliphatic rings. The third kappa shape index (κ3) is 3.11. The molecule has 25 heavy (non-hydrogen) atoms. The first-order valence-corrected chi connectivity index (χ1v) is 7.38. The zero-order valence-corrected chi connectivity index (χ0v) is 13.1. The molecule has 9 heteroatoms. The van der Waals surface area contributed by atoms with Crippen LogP contribution in [0.15, 0.2) is 42.5 Å². The number of para-hydroxylation sites is 2. The molecular formula is C16H13N3O6. The van der Waals surface area contributed by atoms with Gasteiger partial charge in [-0.05, 0) is 19.1 Å². The lowest BCUT2D eigenvalue weighted by Crippen LogP contribution is -2.42. The smallest absolute Gasteiger partial charge is 0.277 e. The van der Waals surface area contributed by atoms with Gasteiger partial charge in [-0.1, -0.05) is 12.1 Å². The number of hydrogen-bond donors (Lipinski definition) is 0. The molecule has 0 bridgehead atoms. The van der Waals surface area contributed by atoms with Crippen LogP contribution in [0.2, 0.25) is 0 Å². The van der Waals surface area contributed by atoms with Gasteiger partial charge < -0.3 is 9.64 Å². The van der Waals surface area contributed by atoms with Crippen LogP contribution in [-0.2, 0) is 0 Å². The average molecular weight is 343 g/mol. The van der Waals surface area contributed by atoms with Gasteiger partial charge in [-0.25, -0.2) is 0 Å². The average Bonchev–Trinajstić information content (AvgIpc) is 2.59. The Balaban J connectivity index is 2.07. The van der Waals surface area contributed by atoms with Gasteiger partial charge in [0.1, 0.15) is 11.9 Å². The van der Waals surface area contributed by atoms with Gasteiger partial charge in [0.2, 0.25) is 0 Å². The Hall–Kier alpha value is -3.49. The summed E-state index contributed by atoms with van der Waals surface area (Å²) in [5.41, 5.74) is -0.621. The van der Waals surface area contributed by atoms with Crippen molar-refractivity contribution < 1.29 is 19.4 Å². The minimum atomic E-state index is -0.764. The summed E-state index contributed by atoms with van der Waals surface area (Å²) in [6.45, 7) is 2.01. The largest absolute Gasteiger partial charge is 0.487 e. The zero-order valence-electron chi connectivity index (χ0n) is 13.1. The lowest BCUT2D eigenvalue weighted by molar-refractivity contribution is -0.394. The predicted octanol–water partition coefficient (Wildman–Crippen LogP) is 2.93. The van der Waals surface area contributed by atoms with Crippen LogP contribution >= 0.6 is 0 Å². The number of hydrogen-bond acceptors (Lipinski definition) is 6. The van der Waals surface area contributed by atoms with Crippen LogP contribution in [0.4, 0.5) is 17.1 Å². The zero-order chi connectivity index (χ0) is 18.1. The third-order valence-corrected chi connectivity index (χ3v) is 3.74. The van der Waals surface area contributed by atoms with Gasteiger partial charge in [0.25, 0.3) is 17.3 Å².